The lowest BCUT2D eigenvalue weighted by molar-refractivity contribution is -0.421. The predicted molar refractivity (Wildman–Crippen MR) is 61.9 cm³/mol. The number of aliphatic hydroxyl groups excluding tert-OH is 1. The number of anilines is 1. The van der Waals surface area contributed by atoms with E-state index in [0.29, 0.717) is 0 Å². The summed E-state index contributed by atoms with van der Waals surface area (Å²) in [4.78, 5) is 30.3. The van der Waals surface area contributed by atoms with E-state index in [4.69, 9.17) is 10.2 Å². The first-order chi connectivity index (χ1) is 8.88. The molecule has 0 spiro atoms. The fraction of sp³-hybridized carbons (Fsp3) is 0.222. The lowest BCUT2D eigenvalue weighted by atomic mass is 10.2. The van der Waals surface area contributed by atoms with Gasteiger partial charge in [-0.05, 0) is 6.07 Å². The van der Waals surface area contributed by atoms with Gasteiger partial charge in [0, 0.05) is 6.07 Å². The van der Waals surface area contributed by atoms with Crippen LogP contribution in [0.25, 0.3) is 0 Å². The van der Waals surface area contributed by atoms with E-state index in [-0.39, 0.29) is 5.69 Å². The Morgan fingerprint density at radius 2 is 1.95 bits per heavy atom. The number of rotatable bonds is 6. The van der Waals surface area contributed by atoms with Crippen molar-refractivity contribution < 1.29 is 24.9 Å². The number of nitro benzene ring substituents is 2. The summed E-state index contributed by atoms with van der Waals surface area (Å²) in [6, 6.07) is 1.72. The number of hydrogen-bond donors (Lipinski definition) is 3. The summed E-state index contributed by atoms with van der Waals surface area (Å²) in [5.41, 5.74) is -1.97. The van der Waals surface area contributed by atoms with Gasteiger partial charge in [0.2, 0.25) is 0 Å². The number of carboxylic acid groups (broad SMARTS) is 1. The Kier molecular flexibility index (Phi) is 4.32. The fourth-order valence-electron chi connectivity index (χ4n) is 1.36. The molecule has 19 heavy (non-hydrogen) atoms. The Bertz CT molecular complexity index is 531. The molecule has 0 amide bonds. The van der Waals surface area contributed by atoms with Crippen LogP contribution in [0.2, 0.25) is 0 Å². The van der Waals surface area contributed by atoms with E-state index < -0.39 is 39.8 Å². The van der Waals surface area contributed by atoms with Crippen molar-refractivity contribution >= 4 is 23.0 Å². The van der Waals surface area contributed by atoms with Crippen LogP contribution in [-0.2, 0) is 4.79 Å². The van der Waals surface area contributed by atoms with Crippen molar-refractivity contribution in [2.45, 2.75) is 6.04 Å². The minimum absolute atomic E-state index is 0.347. The topological polar surface area (TPSA) is 156 Å². The largest absolute Gasteiger partial charge is 0.480 e. The molecular formula is C9H9N3O7. The summed E-state index contributed by atoms with van der Waals surface area (Å²) < 4.78 is 0. The lowest BCUT2D eigenvalue weighted by Gasteiger charge is -2.12. The fourth-order valence-corrected chi connectivity index (χ4v) is 1.36. The number of aliphatic hydroxyl groups is 1. The molecule has 0 saturated carbocycles. The van der Waals surface area contributed by atoms with E-state index in [9.17, 15) is 25.0 Å². The van der Waals surface area contributed by atoms with E-state index in [1.165, 1.54) is 6.07 Å². The Morgan fingerprint density at radius 1 is 1.32 bits per heavy atom. The van der Waals surface area contributed by atoms with E-state index in [0.717, 1.165) is 12.1 Å². The van der Waals surface area contributed by atoms with Crippen LogP contribution in [0.5, 0.6) is 0 Å². The third kappa shape index (κ3) is 3.13. The van der Waals surface area contributed by atoms with E-state index in [1.54, 1.807) is 0 Å². The van der Waals surface area contributed by atoms with Gasteiger partial charge in [0.15, 0.2) is 0 Å². The van der Waals surface area contributed by atoms with Crippen LogP contribution in [-0.4, -0.2) is 38.7 Å². The number of nitrogens with one attached hydrogen (secondary N) is 1. The highest BCUT2D eigenvalue weighted by atomic mass is 16.6. The number of nitrogens with zero attached hydrogens (tertiary/aromatic N) is 2. The van der Waals surface area contributed by atoms with Gasteiger partial charge >= 0.3 is 17.3 Å². The molecule has 0 radical (unpaired) electrons. The average molecular weight is 271 g/mol. The van der Waals surface area contributed by atoms with Crippen LogP contribution < -0.4 is 5.32 Å². The number of hydrogen-bond acceptors (Lipinski definition) is 7. The van der Waals surface area contributed by atoms with Gasteiger partial charge in [-0.15, -0.1) is 0 Å². The molecule has 1 aromatic carbocycles. The maximum absolute atomic E-state index is 10.8. The molecule has 1 rings (SSSR count). The summed E-state index contributed by atoms with van der Waals surface area (Å²) in [5, 5.41) is 41.2. The molecule has 0 saturated heterocycles. The highest BCUT2D eigenvalue weighted by Gasteiger charge is 2.30. The van der Waals surface area contributed by atoms with Crippen molar-refractivity contribution in [1.82, 2.24) is 0 Å². The molecule has 0 aliphatic rings. The molecule has 1 atom stereocenters. The maximum atomic E-state index is 10.8. The minimum atomic E-state index is -1.50. The monoisotopic (exact) mass is 271 g/mol. The normalized spacial score (nSPS) is 11.6. The van der Waals surface area contributed by atoms with Crippen molar-refractivity contribution in [3.63, 3.8) is 0 Å². The summed E-state index contributed by atoms with van der Waals surface area (Å²) in [7, 11) is 0. The minimum Gasteiger partial charge on any atom is -0.480 e. The SMILES string of the molecule is O=C(O)[C@H](CO)Nc1cccc([N+](=O)[O-])c1[N+](=O)[O-]. The van der Waals surface area contributed by atoms with Crippen LogP contribution in [0.3, 0.4) is 0 Å². The first-order valence-electron chi connectivity index (χ1n) is 4.90. The predicted octanol–water partition coefficient (Wildman–Crippen LogP) is 0.360. The number of nitro groups is 2. The van der Waals surface area contributed by atoms with Crippen molar-refractivity contribution in [3.05, 3.63) is 38.4 Å². The second-order valence-corrected chi connectivity index (χ2v) is 3.41. The molecule has 0 aliphatic carbocycles. The second kappa shape index (κ2) is 5.73. The van der Waals surface area contributed by atoms with E-state index >= 15 is 0 Å². The van der Waals surface area contributed by atoms with Crippen molar-refractivity contribution in [1.29, 1.82) is 0 Å². The number of aliphatic carboxylic acids is 1. The summed E-state index contributed by atoms with van der Waals surface area (Å²) in [5.74, 6) is -1.44. The van der Waals surface area contributed by atoms with Crippen LogP contribution in [0, 0.1) is 20.2 Å². The molecule has 0 fully saturated rings. The van der Waals surface area contributed by atoms with E-state index in [1.807, 2.05) is 0 Å². The molecule has 10 nitrogen and oxygen atoms in total. The van der Waals surface area contributed by atoms with Crippen LogP contribution >= 0.6 is 0 Å². The Labute approximate surface area is 105 Å². The maximum Gasteiger partial charge on any atom is 0.368 e. The Balaban J connectivity index is 3.27. The smallest absolute Gasteiger partial charge is 0.368 e. The number of benzene rings is 1. The standard InChI is InChI=1S/C9H9N3O7/c13-4-6(9(14)15)10-5-2-1-3-7(11(16)17)8(5)12(18)19/h1-3,6,10,13H,4H2,(H,14,15)/t6-/m0/s1. The molecule has 3 N–H and O–H groups in total. The zero-order valence-electron chi connectivity index (χ0n) is 9.35. The number of para-hydroxylation sites is 1. The van der Waals surface area contributed by atoms with Gasteiger partial charge in [0.25, 0.3) is 0 Å². The number of carboxylic acids is 1. The molecule has 102 valence electrons. The molecule has 0 bridgehead atoms. The van der Waals surface area contributed by atoms with Crippen LogP contribution in [0.4, 0.5) is 17.1 Å². The summed E-state index contributed by atoms with van der Waals surface area (Å²) in [6.07, 6.45) is 0. The van der Waals surface area contributed by atoms with Crippen molar-refractivity contribution in [2.24, 2.45) is 0 Å². The summed E-state index contributed by atoms with van der Waals surface area (Å²) >= 11 is 0. The van der Waals surface area contributed by atoms with Crippen LogP contribution in [0.1, 0.15) is 0 Å². The zero-order valence-corrected chi connectivity index (χ0v) is 9.35. The Morgan fingerprint density at radius 3 is 2.37 bits per heavy atom. The van der Waals surface area contributed by atoms with Gasteiger partial charge in [-0.25, -0.2) is 4.79 Å². The third-order valence-electron chi connectivity index (χ3n) is 2.20. The highest BCUT2D eigenvalue weighted by molar-refractivity contribution is 5.81. The molecule has 0 heterocycles. The van der Waals surface area contributed by atoms with Crippen molar-refractivity contribution in [3.8, 4) is 0 Å². The van der Waals surface area contributed by atoms with Crippen LogP contribution in [0.15, 0.2) is 18.2 Å². The quantitative estimate of drug-likeness (QED) is 0.494. The average Bonchev–Trinajstić information content (AvgIpc) is 2.34. The first kappa shape index (κ1) is 14.3. The molecule has 0 aliphatic heterocycles. The number of carbonyl (C=O) groups is 1. The third-order valence-corrected chi connectivity index (χ3v) is 2.20. The lowest BCUT2D eigenvalue weighted by Crippen LogP contribution is -2.33. The van der Waals surface area contributed by atoms with Gasteiger partial charge in [0.1, 0.15) is 11.7 Å². The van der Waals surface area contributed by atoms with Gasteiger partial charge < -0.3 is 15.5 Å². The van der Waals surface area contributed by atoms with Crippen molar-refractivity contribution in [2.75, 3.05) is 11.9 Å². The highest BCUT2D eigenvalue weighted by Crippen LogP contribution is 2.34. The molecule has 0 aromatic heterocycles. The zero-order chi connectivity index (χ0) is 14.6. The van der Waals surface area contributed by atoms with Gasteiger partial charge in [0.05, 0.1) is 16.5 Å². The second-order valence-electron chi connectivity index (χ2n) is 3.41. The van der Waals surface area contributed by atoms with Gasteiger partial charge in [-0.3, -0.25) is 20.2 Å². The molecule has 1 aromatic rings. The molecular weight excluding hydrogens is 262 g/mol. The van der Waals surface area contributed by atoms with E-state index in [2.05, 4.69) is 5.32 Å². The van der Waals surface area contributed by atoms with Gasteiger partial charge in [-0.2, -0.15) is 0 Å². The summed E-state index contributed by atoms with van der Waals surface area (Å²) in [6.45, 7) is -0.824. The Hall–Kier alpha value is -2.75. The molecule has 0 unspecified atom stereocenters. The molecule has 10 heteroatoms. The van der Waals surface area contributed by atoms with Gasteiger partial charge in [-0.1, -0.05) is 6.07 Å². The first-order valence-corrected chi connectivity index (χ1v) is 4.90.